The fourth-order valence-electron chi connectivity index (χ4n) is 4.37. The van der Waals surface area contributed by atoms with E-state index < -0.39 is 12.0 Å². The molecule has 4 atom stereocenters. The van der Waals surface area contributed by atoms with Gasteiger partial charge in [-0.3, -0.25) is 24.2 Å². The van der Waals surface area contributed by atoms with E-state index in [4.69, 9.17) is 0 Å². The van der Waals surface area contributed by atoms with Gasteiger partial charge in [0.2, 0.25) is 11.8 Å². The summed E-state index contributed by atoms with van der Waals surface area (Å²) in [6.45, 7) is 0. The van der Waals surface area contributed by atoms with Crippen molar-refractivity contribution in [2.24, 2.45) is 5.92 Å². The van der Waals surface area contributed by atoms with E-state index >= 15 is 0 Å². The number of carbonyl (C=O) groups is 3. The molecule has 108 valence electrons. The lowest BCUT2D eigenvalue weighted by atomic mass is 9.89. The molecule has 3 saturated heterocycles. The van der Waals surface area contributed by atoms with Crippen LogP contribution in [0.4, 0.5) is 0 Å². The number of fused-ring (bicyclic) bond motifs is 2. The van der Waals surface area contributed by atoms with Crippen molar-refractivity contribution >= 4 is 17.8 Å². The lowest BCUT2D eigenvalue weighted by Crippen LogP contribution is -2.46. The summed E-state index contributed by atoms with van der Waals surface area (Å²) in [5.41, 5.74) is 0. The molecule has 0 radical (unpaired) electrons. The third-order valence-corrected chi connectivity index (χ3v) is 5.34. The van der Waals surface area contributed by atoms with Crippen LogP contribution >= 0.6 is 0 Å². The zero-order chi connectivity index (χ0) is 14.0. The van der Waals surface area contributed by atoms with Crippen molar-refractivity contribution < 1.29 is 19.5 Å². The van der Waals surface area contributed by atoms with Crippen LogP contribution in [-0.2, 0) is 14.4 Å². The Balaban J connectivity index is 1.58. The molecule has 0 aromatic carbocycles. The number of carbonyl (C=O) groups excluding carboxylic acids is 2. The van der Waals surface area contributed by atoms with Gasteiger partial charge in [0.05, 0.1) is 18.4 Å². The first-order valence-corrected chi connectivity index (χ1v) is 7.44. The molecule has 4 fully saturated rings. The van der Waals surface area contributed by atoms with Crippen LogP contribution < -0.4 is 0 Å². The Morgan fingerprint density at radius 1 is 1.10 bits per heavy atom. The molecule has 2 bridgehead atoms. The van der Waals surface area contributed by atoms with Crippen molar-refractivity contribution in [2.75, 3.05) is 0 Å². The molecular weight excluding hydrogens is 260 g/mol. The third kappa shape index (κ3) is 1.57. The first kappa shape index (κ1) is 12.3. The van der Waals surface area contributed by atoms with E-state index in [9.17, 15) is 19.5 Å². The number of aliphatic carboxylic acids is 1. The van der Waals surface area contributed by atoms with Crippen molar-refractivity contribution in [2.45, 2.75) is 62.7 Å². The summed E-state index contributed by atoms with van der Waals surface area (Å²) < 4.78 is 0. The number of amides is 2. The zero-order valence-electron chi connectivity index (χ0n) is 11.2. The topological polar surface area (TPSA) is 77.9 Å². The molecule has 0 aromatic rings. The maximum Gasteiger partial charge on any atom is 0.308 e. The number of likely N-dealkylation sites (tertiary alicyclic amines) is 1. The fraction of sp³-hybridized carbons (Fsp3) is 0.786. The molecular formula is C14H18N2O4. The number of rotatable bonds is 3. The van der Waals surface area contributed by atoms with Crippen molar-refractivity contribution in [1.29, 1.82) is 0 Å². The van der Waals surface area contributed by atoms with Crippen LogP contribution in [0.15, 0.2) is 0 Å². The molecule has 2 amide bonds. The molecule has 3 heterocycles. The highest BCUT2D eigenvalue weighted by atomic mass is 16.4. The molecule has 1 N–H and O–H groups in total. The van der Waals surface area contributed by atoms with Crippen molar-refractivity contribution in [3.05, 3.63) is 0 Å². The predicted octanol–water partition coefficient (Wildman–Crippen LogP) is 0.214. The maximum atomic E-state index is 12.5. The van der Waals surface area contributed by atoms with E-state index in [2.05, 4.69) is 4.90 Å². The van der Waals surface area contributed by atoms with Gasteiger partial charge in [-0.1, -0.05) is 0 Å². The maximum absolute atomic E-state index is 12.5. The number of carboxylic acid groups (broad SMARTS) is 1. The molecule has 6 heteroatoms. The van der Waals surface area contributed by atoms with Gasteiger partial charge in [-0.25, -0.2) is 0 Å². The Hall–Kier alpha value is -1.43. The number of hydrogen-bond acceptors (Lipinski definition) is 4. The summed E-state index contributed by atoms with van der Waals surface area (Å²) >= 11 is 0. The lowest BCUT2D eigenvalue weighted by Gasteiger charge is -2.27. The minimum Gasteiger partial charge on any atom is -0.481 e. The number of imide groups is 1. The molecule has 4 unspecified atom stereocenters. The fourth-order valence-corrected chi connectivity index (χ4v) is 4.37. The van der Waals surface area contributed by atoms with Gasteiger partial charge in [-0.15, -0.1) is 0 Å². The lowest BCUT2D eigenvalue weighted by molar-refractivity contribution is -0.144. The van der Waals surface area contributed by atoms with Crippen molar-refractivity contribution in [3.8, 4) is 0 Å². The Labute approximate surface area is 116 Å². The zero-order valence-corrected chi connectivity index (χ0v) is 11.2. The van der Waals surface area contributed by atoms with E-state index in [0.717, 1.165) is 25.7 Å². The highest BCUT2D eigenvalue weighted by Crippen LogP contribution is 2.45. The largest absolute Gasteiger partial charge is 0.481 e. The highest BCUT2D eigenvalue weighted by Gasteiger charge is 2.57. The first-order chi connectivity index (χ1) is 9.58. The molecule has 1 aliphatic carbocycles. The summed E-state index contributed by atoms with van der Waals surface area (Å²) in [6, 6.07) is -0.166. The van der Waals surface area contributed by atoms with Gasteiger partial charge in [0, 0.05) is 18.1 Å². The first-order valence-electron chi connectivity index (χ1n) is 7.44. The second-order valence-electron chi connectivity index (χ2n) is 6.48. The van der Waals surface area contributed by atoms with Crippen LogP contribution in [0.1, 0.15) is 38.5 Å². The summed E-state index contributed by atoms with van der Waals surface area (Å²) in [6.07, 6.45) is 4.51. The molecule has 4 rings (SSSR count). The minimum absolute atomic E-state index is 0.0570. The third-order valence-electron chi connectivity index (χ3n) is 5.34. The van der Waals surface area contributed by atoms with Gasteiger partial charge >= 0.3 is 5.97 Å². The van der Waals surface area contributed by atoms with Gasteiger partial charge in [0.25, 0.3) is 0 Å². The molecule has 1 saturated carbocycles. The second kappa shape index (κ2) is 4.04. The Morgan fingerprint density at radius 3 is 2.40 bits per heavy atom. The van der Waals surface area contributed by atoms with Crippen molar-refractivity contribution in [3.63, 3.8) is 0 Å². The van der Waals surface area contributed by atoms with Crippen molar-refractivity contribution in [1.82, 2.24) is 9.80 Å². The van der Waals surface area contributed by atoms with Crippen LogP contribution in [0, 0.1) is 5.92 Å². The smallest absolute Gasteiger partial charge is 0.308 e. The van der Waals surface area contributed by atoms with Crippen LogP contribution in [0.3, 0.4) is 0 Å². The van der Waals surface area contributed by atoms with E-state index in [0.29, 0.717) is 6.42 Å². The number of hydrogen-bond donors (Lipinski definition) is 1. The Bertz CT molecular complexity index is 501. The predicted molar refractivity (Wildman–Crippen MR) is 67.7 cm³/mol. The summed E-state index contributed by atoms with van der Waals surface area (Å²) in [5, 5.41) is 9.28. The van der Waals surface area contributed by atoms with Crippen LogP contribution in [-0.4, -0.2) is 56.9 Å². The minimum atomic E-state index is -0.766. The summed E-state index contributed by atoms with van der Waals surface area (Å²) in [4.78, 5) is 39.3. The summed E-state index contributed by atoms with van der Waals surface area (Å²) in [7, 11) is 0. The molecule has 6 nitrogen and oxygen atoms in total. The quantitative estimate of drug-likeness (QED) is 0.747. The van der Waals surface area contributed by atoms with Gasteiger partial charge in [-0.2, -0.15) is 0 Å². The van der Waals surface area contributed by atoms with Gasteiger partial charge < -0.3 is 5.11 Å². The van der Waals surface area contributed by atoms with E-state index in [1.54, 1.807) is 0 Å². The van der Waals surface area contributed by atoms with Gasteiger partial charge in [0.1, 0.15) is 0 Å². The summed E-state index contributed by atoms with van der Waals surface area (Å²) in [5.74, 6) is -1.29. The standard InChI is InChI=1S/C14H18N2O4/c17-12-6-11(13(18)16(12)7-1-2-7)15-8-3-4-10(15)9(5-8)14(19)20/h7-11H,1-6H2,(H,19,20). The SMILES string of the molecule is O=C(O)C1CC2CCC1N2C1CC(=O)N(C2CC2)C1=O. The highest BCUT2D eigenvalue weighted by molar-refractivity contribution is 6.06. The Morgan fingerprint density at radius 2 is 1.80 bits per heavy atom. The monoisotopic (exact) mass is 278 g/mol. The molecule has 3 aliphatic heterocycles. The van der Waals surface area contributed by atoms with Crippen LogP contribution in [0.2, 0.25) is 0 Å². The molecule has 0 aromatic heterocycles. The van der Waals surface area contributed by atoms with E-state index in [1.165, 1.54) is 4.90 Å². The average Bonchev–Trinajstić information content (AvgIpc) is 2.97. The van der Waals surface area contributed by atoms with E-state index in [-0.39, 0.29) is 42.3 Å². The van der Waals surface area contributed by atoms with E-state index in [1.807, 2.05) is 0 Å². The second-order valence-corrected chi connectivity index (χ2v) is 6.48. The Kier molecular flexibility index (Phi) is 2.49. The van der Waals surface area contributed by atoms with Crippen LogP contribution in [0.25, 0.3) is 0 Å². The van der Waals surface area contributed by atoms with Gasteiger partial charge in [0.15, 0.2) is 0 Å². The van der Waals surface area contributed by atoms with Gasteiger partial charge in [-0.05, 0) is 32.1 Å². The molecule has 4 aliphatic rings. The number of nitrogens with zero attached hydrogens (tertiary/aromatic N) is 2. The molecule has 20 heavy (non-hydrogen) atoms. The number of carboxylic acids is 1. The van der Waals surface area contributed by atoms with Crippen LogP contribution in [0.5, 0.6) is 0 Å². The normalized spacial score (nSPS) is 40.9. The molecule has 0 spiro atoms. The average molecular weight is 278 g/mol.